The number of ether oxygens (including phenoxy) is 1. The van der Waals surface area contributed by atoms with Gasteiger partial charge in [-0.3, -0.25) is 4.79 Å². The molecule has 0 fully saturated rings. The third-order valence-electron chi connectivity index (χ3n) is 2.17. The van der Waals surface area contributed by atoms with E-state index in [0.717, 1.165) is 0 Å². The van der Waals surface area contributed by atoms with E-state index in [0.29, 0.717) is 16.6 Å². The molecule has 0 saturated heterocycles. The number of pyridine rings is 1. The van der Waals surface area contributed by atoms with Gasteiger partial charge >= 0.3 is 5.97 Å². The monoisotopic (exact) mass is 385 g/mol. The van der Waals surface area contributed by atoms with Crippen molar-refractivity contribution in [2.24, 2.45) is 0 Å². The number of carbonyl (C=O) groups excluding carboxylic acids is 1. The van der Waals surface area contributed by atoms with Gasteiger partial charge in [-0.25, -0.2) is 13.8 Å². The quantitative estimate of drug-likeness (QED) is 0.439. The second kappa shape index (κ2) is 7.13. The van der Waals surface area contributed by atoms with E-state index in [1.807, 2.05) is 0 Å². The molecule has 7 heteroatoms. The minimum Gasteiger partial charge on any atom is -0.466 e. The summed E-state index contributed by atoms with van der Waals surface area (Å²) in [6.45, 7) is 1.98. The zero-order valence-electron chi connectivity index (χ0n) is 9.55. The maximum absolute atomic E-state index is 12.7. The summed E-state index contributed by atoms with van der Waals surface area (Å²) in [6, 6.07) is 1.34. The van der Waals surface area contributed by atoms with Gasteiger partial charge in [0.2, 0.25) is 0 Å². The van der Waals surface area contributed by atoms with E-state index in [2.05, 4.69) is 36.8 Å². The van der Waals surface area contributed by atoms with Crippen LogP contribution in [0.2, 0.25) is 0 Å². The largest absolute Gasteiger partial charge is 0.466 e. The smallest absolute Gasteiger partial charge is 0.311 e. The summed E-state index contributed by atoms with van der Waals surface area (Å²) >= 11 is 6.17. The van der Waals surface area contributed by atoms with Gasteiger partial charge in [-0.15, -0.1) is 0 Å². The molecule has 1 aromatic heterocycles. The van der Waals surface area contributed by atoms with Gasteiger partial charge in [0.1, 0.15) is 4.60 Å². The fourth-order valence-corrected chi connectivity index (χ4v) is 2.34. The summed E-state index contributed by atoms with van der Waals surface area (Å²) < 4.78 is 30.2. The normalized spacial score (nSPS) is 10.8. The second-order valence-corrected chi connectivity index (χ2v) is 4.70. The fourth-order valence-electron chi connectivity index (χ4n) is 1.36. The molecule has 0 bridgehead atoms. The van der Waals surface area contributed by atoms with Crippen molar-refractivity contribution in [1.29, 1.82) is 0 Å². The Morgan fingerprint density at radius 3 is 2.72 bits per heavy atom. The molecular weight excluding hydrogens is 376 g/mol. The zero-order chi connectivity index (χ0) is 13.7. The van der Waals surface area contributed by atoms with Crippen LogP contribution in [0, 0.1) is 0 Å². The minimum absolute atomic E-state index is 0.0309. The Kier molecular flexibility index (Phi) is 6.14. The summed E-state index contributed by atoms with van der Waals surface area (Å²) in [4.78, 5) is 15.4. The van der Waals surface area contributed by atoms with Gasteiger partial charge in [-0.2, -0.15) is 0 Å². The van der Waals surface area contributed by atoms with E-state index in [4.69, 9.17) is 4.74 Å². The summed E-state index contributed by atoms with van der Waals surface area (Å²) in [5, 5.41) is 0.349. The Balaban J connectivity index is 3.05. The van der Waals surface area contributed by atoms with Gasteiger partial charge in [0, 0.05) is 5.33 Å². The first-order valence-corrected chi connectivity index (χ1v) is 7.09. The Morgan fingerprint density at radius 2 is 2.22 bits per heavy atom. The van der Waals surface area contributed by atoms with Gasteiger partial charge in [0.05, 0.1) is 24.3 Å². The van der Waals surface area contributed by atoms with Crippen LogP contribution in [0.1, 0.15) is 30.2 Å². The van der Waals surface area contributed by atoms with Crippen molar-refractivity contribution in [1.82, 2.24) is 4.98 Å². The van der Waals surface area contributed by atoms with Crippen molar-refractivity contribution >= 4 is 37.8 Å². The lowest BCUT2D eigenvalue weighted by atomic mass is 10.1. The highest BCUT2D eigenvalue weighted by Crippen LogP contribution is 2.29. The summed E-state index contributed by atoms with van der Waals surface area (Å²) in [5.74, 6) is -0.427. The molecule has 1 rings (SSSR count). The lowest BCUT2D eigenvalue weighted by Gasteiger charge is -2.10. The number of rotatable bonds is 5. The molecule has 0 N–H and O–H groups in total. The summed E-state index contributed by atoms with van der Waals surface area (Å²) in [5.41, 5.74) is 0.806. The van der Waals surface area contributed by atoms with Crippen LogP contribution < -0.4 is 0 Å². The first-order chi connectivity index (χ1) is 8.49. The number of alkyl halides is 3. The van der Waals surface area contributed by atoms with Crippen molar-refractivity contribution in [3.05, 3.63) is 27.5 Å². The molecule has 0 unspecified atom stereocenters. The number of esters is 1. The lowest BCUT2D eigenvalue weighted by molar-refractivity contribution is -0.142. The number of carbonyl (C=O) groups is 1. The van der Waals surface area contributed by atoms with E-state index in [9.17, 15) is 13.6 Å². The molecule has 1 heterocycles. The van der Waals surface area contributed by atoms with Crippen LogP contribution in [0.4, 0.5) is 8.78 Å². The Hall–Kier alpha value is -0.560. The lowest BCUT2D eigenvalue weighted by Crippen LogP contribution is -2.11. The third-order valence-corrected chi connectivity index (χ3v) is 3.41. The third kappa shape index (κ3) is 3.98. The maximum atomic E-state index is 12.7. The predicted octanol–water partition coefficient (Wildman–Crippen LogP) is 3.78. The first-order valence-electron chi connectivity index (χ1n) is 5.17. The standard InChI is InChI=1S/C11H11Br2F2NO2/c1-2-18-9(17)4-8-6(5-12)3-7(11(14)15)10(13)16-8/h3,11H,2,4-5H2,1H3. The Labute approximate surface area is 120 Å². The molecule has 18 heavy (non-hydrogen) atoms. The average molecular weight is 387 g/mol. The molecule has 1 aromatic rings. The van der Waals surface area contributed by atoms with Gasteiger partial charge in [0.15, 0.2) is 0 Å². The number of nitrogens with zero attached hydrogens (tertiary/aromatic N) is 1. The van der Waals surface area contributed by atoms with Gasteiger partial charge in [0.25, 0.3) is 6.43 Å². The molecule has 0 atom stereocenters. The molecule has 100 valence electrons. The molecule has 0 aromatic carbocycles. The molecular formula is C11H11Br2F2NO2. The second-order valence-electron chi connectivity index (χ2n) is 3.39. The zero-order valence-corrected chi connectivity index (χ0v) is 12.7. The number of aromatic nitrogens is 1. The van der Waals surface area contributed by atoms with Crippen molar-refractivity contribution in [3.8, 4) is 0 Å². The topological polar surface area (TPSA) is 39.2 Å². The van der Waals surface area contributed by atoms with Crippen LogP contribution in [-0.2, 0) is 21.3 Å². The van der Waals surface area contributed by atoms with Crippen LogP contribution in [0.5, 0.6) is 0 Å². The van der Waals surface area contributed by atoms with Gasteiger partial charge in [-0.1, -0.05) is 15.9 Å². The van der Waals surface area contributed by atoms with Crippen molar-refractivity contribution in [2.45, 2.75) is 25.1 Å². The molecule has 0 aliphatic carbocycles. The van der Waals surface area contributed by atoms with Crippen LogP contribution in [0.25, 0.3) is 0 Å². The van der Waals surface area contributed by atoms with E-state index in [1.54, 1.807) is 6.92 Å². The highest BCUT2D eigenvalue weighted by Gasteiger charge is 2.18. The Morgan fingerprint density at radius 1 is 1.56 bits per heavy atom. The Bertz CT molecular complexity index is 441. The van der Waals surface area contributed by atoms with Crippen LogP contribution in [0.15, 0.2) is 10.7 Å². The van der Waals surface area contributed by atoms with Crippen molar-refractivity contribution in [2.75, 3.05) is 6.61 Å². The van der Waals surface area contributed by atoms with E-state index >= 15 is 0 Å². The van der Waals surface area contributed by atoms with Crippen molar-refractivity contribution in [3.63, 3.8) is 0 Å². The van der Waals surface area contributed by atoms with E-state index < -0.39 is 12.4 Å². The SMILES string of the molecule is CCOC(=O)Cc1nc(Br)c(C(F)F)cc1CBr. The molecule has 3 nitrogen and oxygen atoms in total. The molecule has 0 saturated carbocycles. The van der Waals surface area contributed by atoms with Crippen LogP contribution >= 0.6 is 31.9 Å². The van der Waals surface area contributed by atoms with E-state index in [-0.39, 0.29) is 23.2 Å². The summed E-state index contributed by atoms with van der Waals surface area (Å²) in [6.07, 6.45) is -2.64. The molecule has 0 amide bonds. The number of hydrogen-bond acceptors (Lipinski definition) is 3. The highest BCUT2D eigenvalue weighted by molar-refractivity contribution is 9.10. The maximum Gasteiger partial charge on any atom is 0.311 e. The molecule has 0 radical (unpaired) electrons. The molecule has 0 aliphatic heterocycles. The predicted molar refractivity (Wildman–Crippen MR) is 69.9 cm³/mol. The number of halogens is 4. The first kappa shape index (κ1) is 15.5. The van der Waals surface area contributed by atoms with Gasteiger partial charge in [-0.05, 0) is 34.5 Å². The molecule has 0 spiro atoms. The van der Waals surface area contributed by atoms with Crippen LogP contribution in [0.3, 0.4) is 0 Å². The minimum atomic E-state index is -2.61. The molecule has 0 aliphatic rings. The average Bonchev–Trinajstić information content (AvgIpc) is 2.29. The van der Waals surface area contributed by atoms with E-state index in [1.165, 1.54) is 6.07 Å². The van der Waals surface area contributed by atoms with Crippen LogP contribution in [-0.4, -0.2) is 17.6 Å². The highest BCUT2D eigenvalue weighted by atomic mass is 79.9. The fraction of sp³-hybridized carbons (Fsp3) is 0.455. The summed E-state index contributed by atoms with van der Waals surface area (Å²) in [7, 11) is 0. The van der Waals surface area contributed by atoms with Gasteiger partial charge < -0.3 is 4.74 Å². The number of hydrogen-bond donors (Lipinski definition) is 0. The van der Waals surface area contributed by atoms with Crippen molar-refractivity contribution < 1.29 is 18.3 Å².